The number of rotatable bonds is 1. The van der Waals surface area contributed by atoms with Gasteiger partial charge in [0.2, 0.25) is 0 Å². The van der Waals surface area contributed by atoms with E-state index < -0.39 is 16.3 Å². The summed E-state index contributed by atoms with van der Waals surface area (Å²) in [4.78, 5) is 9.90. The third kappa shape index (κ3) is 1.78. The Morgan fingerprint density at radius 3 is 2.88 bits per heavy atom. The molecule has 6 heteroatoms. The molecule has 1 N–H and O–H groups in total. The smallest absolute Gasteiger partial charge is 0.274 e. The van der Waals surface area contributed by atoms with E-state index in [2.05, 4.69) is 5.32 Å². The Bertz CT molecular complexity index is 460. The van der Waals surface area contributed by atoms with Gasteiger partial charge in [0, 0.05) is 6.07 Å². The topological polar surface area (TPSA) is 64.4 Å². The molecule has 0 saturated carbocycles. The molecule has 0 radical (unpaired) electrons. The molecule has 1 aromatic carbocycles. The van der Waals surface area contributed by atoms with Gasteiger partial charge in [0.25, 0.3) is 5.69 Å². The average molecular weight is 226 g/mol. The van der Waals surface area contributed by atoms with Gasteiger partial charge in [0.1, 0.15) is 5.60 Å². The van der Waals surface area contributed by atoms with Crippen LogP contribution < -0.4 is 10.1 Å². The van der Waals surface area contributed by atoms with E-state index in [0.717, 1.165) is 6.07 Å². The third-order valence-corrected chi connectivity index (χ3v) is 2.32. The van der Waals surface area contributed by atoms with Gasteiger partial charge < -0.3 is 10.1 Å². The van der Waals surface area contributed by atoms with Crippen molar-refractivity contribution in [2.45, 2.75) is 19.4 Å². The summed E-state index contributed by atoms with van der Waals surface area (Å²) in [6, 6.07) is 2.13. The molecule has 1 aromatic rings. The van der Waals surface area contributed by atoms with Crippen LogP contribution in [0.5, 0.6) is 5.75 Å². The molecule has 0 spiro atoms. The molecular formula is C10H11FN2O3. The Hall–Kier alpha value is -1.85. The Morgan fingerprint density at radius 2 is 2.25 bits per heavy atom. The van der Waals surface area contributed by atoms with E-state index in [1.165, 1.54) is 6.07 Å². The predicted molar refractivity (Wildman–Crippen MR) is 56.3 cm³/mol. The number of hydrogen-bond acceptors (Lipinski definition) is 4. The highest BCUT2D eigenvalue weighted by Gasteiger charge is 2.30. The lowest BCUT2D eigenvalue weighted by atomic mass is 10.1. The first-order valence-corrected chi connectivity index (χ1v) is 4.80. The van der Waals surface area contributed by atoms with E-state index in [9.17, 15) is 14.5 Å². The highest BCUT2D eigenvalue weighted by Crippen LogP contribution is 2.37. The standard InChI is InChI=1S/C10H11FN2O3/c1-10(2)5-12-8-4-6(13(14)15)3-7(11)9(8)16-10/h3-4,12H,5H2,1-2H3. The first kappa shape index (κ1) is 10.7. The zero-order valence-electron chi connectivity index (χ0n) is 8.91. The van der Waals surface area contributed by atoms with Crippen LogP contribution in [-0.4, -0.2) is 17.1 Å². The molecule has 1 heterocycles. The minimum absolute atomic E-state index is 0.0434. The summed E-state index contributed by atoms with van der Waals surface area (Å²) in [6.07, 6.45) is 0. The quantitative estimate of drug-likeness (QED) is 0.589. The summed E-state index contributed by atoms with van der Waals surface area (Å²) >= 11 is 0. The highest BCUT2D eigenvalue weighted by atomic mass is 19.1. The molecule has 1 aliphatic rings. The maximum atomic E-state index is 13.6. The number of non-ortho nitro benzene ring substituents is 1. The normalized spacial score (nSPS) is 16.9. The zero-order valence-corrected chi connectivity index (χ0v) is 8.91. The minimum atomic E-state index is -0.718. The predicted octanol–water partition coefficient (Wildman–Crippen LogP) is 2.32. The lowest BCUT2D eigenvalue weighted by Crippen LogP contribution is -2.40. The van der Waals surface area contributed by atoms with Crippen molar-refractivity contribution in [2.24, 2.45) is 0 Å². The SMILES string of the molecule is CC1(C)CNc2cc([N+](=O)[O-])cc(F)c2O1. The molecular weight excluding hydrogens is 215 g/mol. The Balaban J connectivity index is 2.48. The van der Waals surface area contributed by atoms with Crippen LogP contribution >= 0.6 is 0 Å². The fourth-order valence-corrected chi connectivity index (χ4v) is 1.54. The number of nitro groups is 1. The Morgan fingerprint density at radius 1 is 1.56 bits per heavy atom. The third-order valence-electron chi connectivity index (χ3n) is 2.32. The van der Waals surface area contributed by atoms with E-state index in [0.29, 0.717) is 12.2 Å². The Labute approximate surface area is 91.4 Å². The van der Waals surface area contributed by atoms with Gasteiger partial charge in [-0.25, -0.2) is 4.39 Å². The van der Waals surface area contributed by atoms with E-state index in [4.69, 9.17) is 4.74 Å². The number of hydrogen-bond donors (Lipinski definition) is 1. The molecule has 0 amide bonds. The van der Waals surface area contributed by atoms with Crippen LogP contribution in [0.15, 0.2) is 12.1 Å². The number of fused-ring (bicyclic) bond motifs is 1. The van der Waals surface area contributed by atoms with E-state index >= 15 is 0 Å². The van der Waals surface area contributed by atoms with Gasteiger partial charge >= 0.3 is 0 Å². The van der Waals surface area contributed by atoms with Crippen molar-refractivity contribution in [3.8, 4) is 5.75 Å². The van der Waals surface area contributed by atoms with Gasteiger partial charge in [-0.15, -0.1) is 0 Å². The van der Waals surface area contributed by atoms with Crippen LogP contribution in [0, 0.1) is 15.9 Å². The number of benzene rings is 1. The van der Waals surface area contributed by atoms with Gasteiger partial charge in [-0.2, -0.15) is 0 Å². The average Bonchev–Trinajstić information content (AvgIpc) is 2.18. The van der Waals surface area contributed by atoms with Gasteiger partial charge in [-0.3, -0.25) is 10.1 Å². The monoisotopic (exact) mass is 226 g/mol. The number of nitro benzene ring substituents is 1. The number of ether oxygens (including phenoxy) is 1. The Kier molecular flexibility index (Phi) is 2.22. The molecule has 0 aromatic heterocycles. The number of nitrogens with zero attached hydrogens (tertiary/aromatic N) is 1. The second-order valence-electron chi connectivity index (χ2n) is 4.28. The maximum absolute atomic E-state index is 13.6. The van der Waals surface area contributed by atoms with Crippen molar-refractivity contribution >= 4 is 11.4 Å². The van der Waals surface area contributed by atoms with Crippen LogP contribution in [-0.2, 0) is 0 Å². The number of nitrogens with one attached hydrogen (secondary N) is 1. The summed E-state index contributed by atoms with van der Waals surface area (Å²) in [7, 11) is 0. The fraction of sp³-hybridized carbons (Fsp3) is 0.400. The number of halogens is 1. The number of anilines is 1. The van der Waals surface area contributed by atoms with Crippen LogP contribution in [0.2, 0.25) is 0 Å². The van der Waals surface area contributed by atoms with Crippen LogP contribution in [0.1, 0.15) is 13.8 Å². The first-order chi connectivity index (χ1) is 7.39. The van der Waals surface area contributed by atoms with Crippen LogP contribution in [0.25, 0.3) is 0 Å². The molecule has 0 saturated heterocycles. The van der Waals surface area contributed by atoms with Crippen LogP contribution in [0.3, 0.4) is 0 Å². The zero-order chi connectivity index (χ0) is 11.9. The second-order valence-corrected chi connectivity index (χ2v) is 4.28. The van der Waals surface area contributed by atoms with Crippen molar-refractivity contribution in [1.82, 2.24) is 0 Å². The van der Waals surface area contributed by atoms with Gasteiger partial charge in [-0.1, -0.05) is 0 Å². The van der Waals surface area contributed by atoms with Crippen LogP contribution in [0.4, 0.5) is 15.8 Å². The van der Waals surface area contributed by atoms with Gasteiger partial charge in [0.15, 0.2) is 11.6 Å². The second kappa shape index (κ2) is 3.33. The highest BCUT2D eigenvalue weighted by molar-refractivity contribution is 5.63. The molecule has 0 unspecified atom stereocenters. The summed E-state index contributed by atoms with van der Waals surface area (Å²) in [5.41, 5.74) is -0.484. The molecule has 2 rings (SSSR count). The molecule has 0 fully saturated rings. The van der Waals surface area contributed by atoms with Crippen molar-refractivity contribution in [3.05, 3.63) is 28.1 Å². The lowest BCUT2D eigenvalue weighted by molar-refractivity contribution is -0.385. The van der Waals surface area contributed by atoms with Gasteiger partial charge in [-0.05, 0) is 13.8 Å². The summed E-state index contributed by atoms with van der Waals surface area (Å²) in [5.74, 6) is -0.675. The maximum Gasteiger partial charge on any atom is 0.274 e. The van der Waals surface area contributed by atoms with E-state index in [1.807, 2.05) is 13.8 Å². The van der Waals surface area contributed by atoms with E-state index in [-0.39, 0.29) is 11.4 Å². The molecule has 16 heavy (non-hydrogen) atoms. The lowest BCUT2D eigenvalue weighted by Gasteiger charge is -2.33. The summed E-state index contributed by atoms with van der Waals surface area (Å²) in [6.45, 7) is 4.09. The molecule has 0 atom stereocenters. The van der Waals surface area contributed by atoms with Crippen molar-refractivity contribution in [1.29, 1.82) is 0 Å². The van der Waals surface area contributed by atoms with Crippen molar-refractivity contribution < 1.29 is 14.1 Å². The van der Waals surface area contributed by atoms with Gasteiger partial charge in [0.05, 0.1) is 23.2 Å². The first-order valence-electron chi connectivity index (χ1n) is 4.80. The van der Waals surface area contributed by atoms with Crippen molar-refractivity contribution in [3.63, 3.8) is 0 Å². The summed E-state index contributed by atoms with van der Waals surface area (Å²) < 4.78 is 19.0. The van der Waals surface area contributed by atoms with Crippen molar-refractivity contribution in [2.75, 3.05) is 11.9 Å². The molecule has 1 aliphatic heterocycles. The minimum Gasteiger partial charge on any atom is -0.481 e. The fourth-order valence-electron chi connectivity index (χ4n) is 1.54. The molecule has 0 bridgehead atoms. The largest absolute Gasteiger partial charge is 0.481 e. The molecule has 5 nitrogen and oxygen atoms in total. The molecule has 86 valence electrons. The summed E-state index contributed by atoms with van der Waals surface area (Å²) in [5, 5.41) is 13.5. The van der Waals surface area contributed by atoms with E-state index in [1.54, 1.807) is 0 Å². The molecule has 0 aliphatic carbocycles.